The van der Waals surface area contributed by atoms with Gasteiger partial charge in [-0.25, -0.2) is 4.79 Å². The smallest absolute Gasteiger partial charge is 0.331 e. The van der Waals surface area contributed by atoms with Gasteiger partial charge in [0.15, 0.2) is 6.10 Å². The van der Waals surface area contributed by atoms with Crippen LogP contribution in [0.2, 0.25) is 5.02 Å². The van der Waals surface area contributed by atoms with Crippen molar-refractivity contribution in [3.05, 3.63) is 51.7 Å². The van der Waals surface area contributed by atoms with Gasteiger partial charge in [0.05, 0.1) is 12.8 Å². The maximum Gasteiger partial charge on any atom is 0.331 e. The number of nitrogens with one attached hydrogen (secondary N) is 1. The summed E-state index contributed by atoms with van der Waals surface area (Å²) < 4.78 is 10.2. The number of rotatable bonds is 6. The molecular formula is C17H16ClNO4S. The highest BCUT2D eigenvalue weighted by Crippen LogP contribution is 2.27. The normalized spacial score (nSPS) is 12.0. The van der Waals surface area contributed by atoms with Gasteiger partial charge in [0.1, 0.15) is 5.75 Å². The first-order valence-electron chi connectivity index (χ1n) is 7.06. The summed E-state index contributed by atoms with van der Waals surface area (Å²) in [5.41, 5.74) is 0.409. The number of hydrogen-bond acceptors (Lipinski definition) is 5. The van der Waals surface area contributed by atoms with Gasteiger partial charge in [0.2, 0.25) is 0 Å². The predicted molar refractivity (Wildman–Crippen MR) is 95.5 cm³/mol. The van der Waals surface area contributed by atoms with E-state index in [2.05, 4.69) is 5.32 Å². The lowest BCUT2D eigenvalue weighted by Crippen LogP contribution is -2.29. The van der Waals surface area contributed by atoms with E-state index in [1.807, 2.05) is 17.5 Å². The molecular weight excluding hydrogens is 350 g/mol. The van der Waals surface area contributed by atoms with Crippen LogP contribution in [0.15, 0.2) is 41.8 Å². The van der Waals surface area contributed by atoms with Crippen molar-refractivity contribution in [3.63, 3.8) is 0 Å². The molecule has 1 aromatic heterocycles. The first-order valence-corrected chi connectivity index (χ1v) is 8.32. The average Bonchev–Trinajstić information content (AvgIpc) is 3.06. The Morgan fingerprint density at radius 3 is 2.79 bits per heavy atom. The van der Waals surface area contributed by atoms with Crippen molar-refractivity contribution in [2.45, 2.75) is 13.0 Å². The van der Waals surface area contributed by atoms with Crippen LogP contribution in [0.5, 0.6) is 5.75 Å². The van der Waals surface area contributed by atoms with Crippen molar-refractivity contribution in [1.29, 1.82) is 0 Å². The Balaban J connectivity index is 1.94. The first-order chi connectivity index (χ1) is 11.5. The highest BCUT2D eigenvalue weighted by molar-refractivity contribution is 7.10. The second kappa shape index (κ2) is 8.52. The van der Waals surface area contributed by atoms with Gasteiger partial charge in [-0.3, -0.25) is 4.79 Å². The average molecular weight is 366 g/mol. The molecule has 0 saturated heterocycles. The summed E-state index contributed by atoms with van der Waals surface area (Å²) in [6.07, 6.45) is 1.96. The van der Waals surface area contributed by atoms with Crippen molar-refractivity contribution in [2.75, 3.05) is 12.4 Å². The summed E-state index contributed by atoms with van der Waals surface area (Å²) in [4.78, 5) is 24.8. The lowest BCUT2D eigenvalue weighted by Gasteiger charge is -2.14. The van der Waals surface area contributed by atoms with E-state index in [-0.39, 0.29) is 0 Å². The number of thiophene rings is 1. The second-order valence-corrected chi connectivity index (χ2v) is 6.18. The minimum absolute atomic E-state index is 0.409. The number of benzene rings is 1. The zero-order chi connectivity index (χ0) is 17.5. The Morgan fingerprint density at radius 1 is 1.33 bits per heavy atom. The third-order valence-electron chi connectivity index (χ3n) is 3.01. The molecule has 5 nitrogen and oxygen atoms in total. The Kier molecular flexibility index (Phi) is 6.40. The standard InChI is InChI=1S/C17H16ClNO4S/c1-11(23-16(20)8-6-13-4-3-9-24-13)17(21)19-14-10-12(18)5-7-15(14)22-2/h3-11H,1-2H3,(H,19,21)/b8-6+/t11-/m1/s1. The van der Waals surface area contributed by atoms with E-state index in [1.54, 1.807) is 24.3 Å². The molecule has 2 rings (SSSR count). The molecule has 7 heteroatoms. The molecule has 24 heavy (non-hydrogen) atoms. The summed E-state index contributed by atoms with van der Waals surface area (Å²) >= 11 is 7.41. The Labute approximate surface area is 148 Å². The van der Waals surface area contributed by atoms with Crippen molar-refractivity contribution >= 4 is 46.6 Å². The zero-order valence-corrected chi connectivity index (χ0v) is 14.7. The Bertz CT molecular complexity index is 743. The van der Waals surface area contributed by atoms with Crippen LogP contribution >= 0.6 is 22.9 Å². The van der Waals surface area contributed by atoms with Gasteiger partial charge in [-0.05, 0) is 42.6 Å². The van der Waals surface area contributed by atoms with Gasteiger partial charge in [-0.2, -0.15) is 0 Å². The molecule has 1 amide bonds. The van der Waals surface area contributed by atoms with Gasteiger partial charge < -0.3 is 14.8 Å². The monoisotopic (exact) mass is 365 g/mol. The molecule has 0 fully saturated rings. The molecule has 0 aliphatic rings. The molecule has 1 aromatic carbocycles. The van der Waals surface area contributed by atoms with Crippen LogP contribution in [-0.4, -0.2) is 25.1 Å². The van der Waals surface area contributed by atoms with Gasteiger partial charge in [-0.15, -0.1) is 11.3 Å². The predicted octanol–water partition coefficient (Wildman–Crippen LogP) is 3.99. The highest BCUT2D eigenvalue weighted by atomic mass is 35.5. The van der Waals surface area contributed by atoms with Gasteiger partial charge in [0, 0.05) is 16.0 Å². The van der Waals surface area contributed by atoms with Crippen LogP contribution in [0.1, 0.15) is 11.8 Å². The zero-order valence-electron chi connectivity index (χ0n) is 13.1. The van der Waals surface area contributed by atoms with Crippen molar-refractivity contribution in [3.8, 4) is 5.75 Å². The molecule has 0 aliphatic carbocycles. The van der Waals surface area contributed by atoms with Gasteiger partial charge >= 0.3 is 5.97 Å². The SMILES string of the molecule is COc1ccc(Cl)cc1NC(=O)[C@@H](C)OC(=O)/C=C/c1cccs1. The van der Waals surface area contributed by atoms with E-state index in [0.717, 1.165) is 4.88 Å². The van der Waals surface area contributed by atoms with Crippen LogP contribution in [-0.2, 0) is 14.3 Å². The van der Waals surface area contributed by atoms with E-state index in [0.29, 0.717) is 16.5 Å². The lowest BCUT2D eigenvalue weighted by molar-refractivity contribution is -0.148. The third-order valence-corrected chi connectivity index (χ3v) is 4.08. The van der Waals surface area contributed by atoms with E-state index in [1.165, 1.54) is 31.4 Å². The number of hydrogen-bond donors (Lipinski definition) is 1. The maximum absolute atomic E-state index is 12.2. The molecule has 2 aromatic rings. The summed E-state index contributed by atoms with van der Waals surface area (Å²) in [5, 5.41) is 4.99. The third kappa shape index (κ3) is 5.11. The van der Waals surface area contributed by atoms with Crippen LogP contribution in [0.3, 0.4) is 0 Å². The Hall–Kier alpha value is -2.31. The summed E-state index contributed by atoms with van der Waals surface area (Å²) in [5.74, 6) is -0.610. The van der Waals surface area contributed by atoms with Crippen LogP contribution in [0, 0.1) is 0 Å². The molecule has 0 unspecified atom stereocenters. The van der Waals surface area contributed by atoms with Gasteiger partial charge in [0.25, 0.3) is 5.91 Å². The van der Waals surface area contributed by atoms with E-state index in [4.69, 9.17) is 21.1 Å². The molecule has 1 N–H and O–H groups in total. The van der Waals surface area contributed by atoms with Crippen molar-refractivity contribution < 1.29 is 19.1 Å². The fourth-order valence-electron chi connectivity index (χ4n) is 1.82. The summed E-state index contributed by atoms with van der Waals surface area (Å²) in [6, 6.07) is 8.59. The van der Waals surface area contributed by atoms with E-state index in [9.17, 15) is 9.59 Å². The maximum atomic E-state index is 12.2. The molecule has 1 atom stereocenters. The number of carbonyl (C=O) groups is 2. The first kappa shape index (κ1) is 18.0. The summed E-state index contributed by atoms with van der Waals surface area (Å²) in [6.45, 7) is 1.49. The largest absolute Gasteiger partial charge is 0.495 e. The fraction of sp³-hybridized carbons (Fsp3) is 0.176. The Morgan fingerprint density at radius 2 is 2.12 bits per heavy atom. The quantitative estimate of drug-likeness (QED) is 0.621. The molecule has 126 valence electrons. The number of amides is 1. The minimum atomic E-state index is -0.964. The van der Waals surface area contributed by atoms with Crippen LogP contribution < -0.4 is 10.1 Å². The van der Waals surface area contributed by atoms with Crippen LogP contribution in [0.4, 0.5) is 5.69 Å². The van der Waals surface area contributed by atoms with E-state index >= 15 is 0 Å². The lowest BCUT2D eigenvalue weighted by atomic mass is 10.2. The number of carbonyl (C=O) groups excluding carboxylic acids is 2. The summed E-state index contributed by atoms with van der Waals surface area (Å²) in [7, 11) is 1.48. The molecule has 1 heterocycles. The second-order valence-electron chi connectivity index (χ2n) is 4.76. The van der Waals surface area contributed by atoms with Crippen LogP contribution in [0.25, 0.3) is 6.08 Å². The highest BCUT2D eigenvalue weighted by Gasteiger charge is 2.18. The number of anilines is 1. The molecule has 0 spiro atoms. The number of esters is 1. The fourth-order valence-corrected chi connectivity index (χ4v) is 2.61. The molecule has 0 aliphatic heterocycles. The topological polar surface area (TPSA) is 64.6 Å². The minimum Gasteiger partial charge on any atom is -0.495 e. The number of methoxy groups -OCH3 is 1. The number of halogens is 1. The van der Waals surface area contributed by atoms with Crippen molar-refractivity contribution in [2.24, 2.45) is 0 Å². The van der Waals surface area contributed by atoms with Gasteiger partial charge in [-0.1, -0.05) is 17.7 Å². The molecule has 0 bridgehead atoms. The molecule has 0 saturated carbocycles. The number of ether oxygens (including phenoxy) is 2. The van der Waals surface area contributed by atoms with Crippen molar-refractivity contribution in [1.82, 2.24) is 0 Å². The van der Waals surface area contributed by atoms with E-state index < -0.39 is 18.0 Å². The molecule has 0 radical (unpaired) electrons.